The van der Waals surface area contributed by atoms with E-state index in [0.717, 1.165) is 12.8 Å². The Kier molecular flexibility index (Phi) is 19.1. The molecule has 0 amide bonds. The quantitative estimate of drug-likeness (QED) is 0.0305. The van der Waals surface area contributed by atoms with Gasteiger partial charge in [-0.3, -0.25) is 0 Å². The van der Waals surface area contributed by atoms with E-state index in [2.05, 4.69) is 124 Å². The number of rotatable bonds is 25. The van der Waals surface area contributed by atoms with E-state index in [1.165, 1.54) is 175 Å². The van der Waals surface area contributed by atoms with E-state index >= 15 is 0 Å². The van der Waals surface area contributed by atoms with Crippen LogP contribution in [0.25, 0.3) is 48.8 Å². The van der Waals surface area contributed by atoms with Crippen LogP contribution < -0.4 is 0 Å². The summed E-state index contributed by atoms with van der Waals surface area (Å²) in [5.74, 6) is 3.63. The zero-order chi connectivity index (χ0) is 42.3. The standard InChI is InChI=1S/C53H70S6Si/c1-8-12-16-20-24-39-32-34-54-50(39)48-37-41(26-22-18-14-10-3)51(58-48)46-30-28-44(56-46)45-29-31-47(57-45)52-42(27-23-19-15-11-4)38-49(59-52)53-40(25-21-17-13-9-2)36-43(55-53)33-35-60(5,6)7/h28-32,34,36-38H,8-27H2,1-7H3. The Balaban J connectivity index is 1.30. The lowest BCUT2D eigenvalue weighted by Crippen LogP contribution is -2.16. The van der Waals surface area contributed by atoms with Crippen molar-refractivity contribution < 1.29 is 0 Å². The van der Waals surface area contributed by atoms with Crippen LogP contribution in [0.5, 0.6) is 0 Å². The first-order chi connectivity index (χ1) is 29.2. The molecule has 0 aliphatic rings. The zero-order valence-corrected chi connectivity index (χ0v) is 43.7. The van der Waals surface area contributed by atoms with Crippen LogP contribution in [0.1, 0.15) is 158 Å². The molecule has 7 heteroatoms. The molecule has 0 saturated carbocycles. The third kappa shape index (κ3) is 13.5. The van der Waals surface area contributed by atoms with E-state index in [9.17, 15) is 0 Å². The molecule has 0 unspecified atom stereocenters. The molecule has 6 aromatic rings. The molecule has 60 heavy (non-hydrogen) atoms. The van der Waals surface area contributed by atoms with Crippen molar-refractivity contribution in [3.8, 4) is 60.2 Å². The van der Waals surface area contributed by atoms with Crippen molar-refractivity contribution in [2.24, 2.45) is 0 Å². The fourth-order valence-electron chi connectivity index (χ4n) is 7.91. The van der Waals surface area contributed by atoms with Crippen molar-refractivity contribution in [1.29, 1.82) is 0 Å². The monoisotopic (exact) mass is 926 g/mol. The molecular formula is C53H70S6Si. The van der Waals surface area contributed by atoms with Crippen molar-refractivity contribution in [2.45, 2.75) is 176 Å². The Hall–Kier alpha value is -2.02. The molecule has 0 nitrogen and oxygen atoms in total. The first kappa shape index (κ1) is 47.5. The maximum absolute atomic E-state index is 3.66. The summed E-state index contributed by atoms with van der Waals surface area (Å²) >= 11 is 12.0. The molecule has 0 bridgehead atoms. The van der Waals surface area contributed by atoms with E-state index in [1.54, 1.807) is 16.7 Å². The second kappa shape index (κ2) is 24.2. The van der Waals surface area contributed by atoms with Gasteiger partial charge in [0.2, 0.25) is 0 Å². The third-order valence-electron chi connectivity index (χ3n) is 11.3. The molecule has 0 fully saturated rings. The topological polar surface area (TPSA) is 0 Å². The van der Waals surface area contributed by atoms with E-state index < -0.39 is 8.07 Å². The summed E-state index contributed by atoms with van der Waals surface area (Å²) in [5, 5.41) is 2.32. The Labute approximate surface area is 390 Å². The second-order valence-corrected chi connectivity index (χ2v) is 28.7. The van der Waals surface area contributed by atoms with E-state index in [4.69, 9.17) is 0 Å². The van der Waals surface area contributed by atoms with Crippen LogP contribution in [0.2, 0.25) is 19.6 Å². The molecule has 0 atom stereocenters. The molecule has 6 heterocycles. The molecule has 0 aliphatic carbocycles. The van der Waals surface area contributed by atoms with Gasteiger partial charge in [-0.15, -0.1) is 73.6 Å². The van der Waals surface area contributed by atoms with Gasteiger partial charge in [-0.05, 0) is 128 Å². The van der Waals surface area contributed by atoms with Gasteiger partial charge in [-0.1, -0.05) is 130 Å². The third-order valence-corrected chi connectivity index (χ3v) is 19.6. The number of thiophene rings is 6. The summed E-state index contributed by atoms with van der Waals surface area (Å²) in [6, 6.07) is 19.7. The number of unbranched alkanes of at least 4 members (excludes halogenated alkanes) is 12. The van der Waals surface area contributed by atoms with Crippen molar-refractivity contribution in [3.63, 3.8) is 0 Å². The average Bonchev–Trinajstić information content (AvgIpc) is 4.09. The van der Waals surface area contributed by atoms with Gasteiger partial charge >= 0.3 is 0 Å². The van der Waals surface area contributed by atoms with Crippen LogP contribution in [0, 0.1) is 11.5 Å². The summed E-state index contributed by atoms with van der Waals surface area (Å²) in [7, 11) is -1.46. The van der Waals surface area contributed by atoms with Crippen molar-refractivity contribution in [1.82, 2.24) is 0 Å². The maximum atomic E-state index is 3.66. The lowest BCUT2D eigenvalue weighted by Gasteiger charge is -2.02. The predicted molar refractivity (Wildman–Crippen MR) is 282 cm³/mol. The lowest BCUT2D eigenvalue weighted by atomic mass is 10.0. The van der Waals surface area contributed by atoms with Gasteiger partial charge in [0.1, 0.15) is 8.07 Å². The molecule has 0 aliphatic heterocycles. The van der Waals surface area contributed by atoms with Gasteiger partial charge in [-0.2, -0.15) is 0 Å². The van der Waals surface area contributed by atoms with E-state index in [-0.39, 0.29) is 0 Å². The van der Waals surface area contributed by atoms with Crippen molar-refractivity contribution >= 4 is 76.1 Å². The van der Waals surface area contributed by atoms with Crippen LogP contribution in [-0.4, -0.2) is 8.07 Å². The minimum Gasteiger partial charge on any atom is -0.143 e. The largest absolute Gasteiger partial charge is 0.143 e. The summed E-state index contributed by atoms with van der Waals surface area (Å²) in [5.41, 5.74) is 9.84. The molecule has 0 N–H and O–H groups in total. The molecular weight excluding hydrogens is 857 g/mol. The van der Waals surface area contributed by atoms with Crippen LogP contribution in [-0.2, 0) is 25.7 Å². The number of aryl methyl sites for hydroxylation is 4. The normalized spacial score (nSPS) is 11.8. The van der Waals surface area contributed by atoms with Gasteiger partial charge in [0.15, 0.2) is 0 Å². The summed E-state index contributed by atoms with van der Waals surface area (Å²) in [6.45, 7) is 16.3. The number of hydrogen-bond acceptors (Lipinski definition) is 6. The molecule has 0 aromatic carbocycles. The zero-order valence-electron chi connectivity index (χ0n) is 37.8. The Bertz CT molecular complexity index is 2240. The maximum Gasteiger partial charge on any atom is 0.129 e. The average molecular weight is 928 g/mol. The van der Waals surface area contributed by atoms with Gasteiger partial charge in [0.25, 0.3) is 0 Å². The predicted octanol–water partition coefficient (Wildman–Crippen LogP) is 20.1. The molecule has 322 valence electrons. The summed E-state index contributed by atoms with van der Waals surface area (Å²) < 4.78 is 0. The summed E-state index contributed by atoms with van der Waals surface area (Å²) in [6.07, 6.45) is 25.5. The molecule has 6 rings (SSSR count). The minimum absolute atomic E-state index is 1.16. The SMILES string of the molecule is CCCCCCc1ccsc1-c1cc(CCCCCC)c(-c2ccc(-c3ccc(-c4sc(-c5sc(C#C[Si](C)(C)C)cc5CCCCCC)cc4CCCCCC)s3)s2)s1. The molecule has 0 saturated heterocycles. The first-order valence-corrected chi connectivity index (χ1v) is 31.9. The Morgan fingerprint density at radius 3 is 1.28 bits per heavy atom. The Morgan fingerprint density at radius 1 is 0.400 bits per heavy atom. The highest BCUT2D eigenvalue weighted by molar-refractivity contribution is 7.30. The second-order valence-electron chi connectivity index (χ2n) is 17.7. The first-order valence-electron chi connectivity index (χ1n) is 23.4. The summed E-state index contributed by atoms with van der Waals surface area (Å²) in [4.78, 5) is 15.9. The molecule has 0 radical (unpaired) electrons. The fraction of sp³-hybridized carbons (Fsp3) is 0.509. The highest BCUT2D eigenvalue weighted by Gasteiger charge is 2.21. The molecule has 0 spiro atoms. The highest BCUT2D eigenvalue weighted by atomic mass is 32.1. The minimum atomic E-state index is -1.46. The van der Waals surface area contributed by atoms with Gasteiger partial charge < -0.3 is 0 Å². The highest BCUT2D eigenvalue weighted by Crippen LogP contribution is 2.49. The van der Waals surface area contributed by atoms with Crippen LogP contribution >= 0.6 is 68.0 Å². The van der Waals surface area contributed by atoms with Crippen molar-refractivity contribution in [2.75, 3.05) is 0 Å². The van der Waals surface area contributed by atoms with Gasteiger partial charge in [-0.25, -0.2) is 0 Å². The van der Waals surface area contributed by atoms with Crippen LogP contribution in [0.15, 0.2) is 53.9 Å². The number of hydrogen-bond donors (Lipinski definition) is 0. The van der Waals surface area contributed by atoms with E-state index in [0.29, 0.717) is 0 Å². The van der Waals surface area contributed by atoms with E-state index in [1.807, 2.05) is 56.7 Å². The molecule has 6 aromatic heterocycles. The fourth-order valence-corrected chi connectivity index (χ4v) is 15.6. The van der Waals surface area contributed by atoms with Crippen LogP contribution in [0.3, 0.4) is 0 Å². The lowest BCUT2D eigenvalue weighted by molar-refractivity contribution is 0.667. The van der Waals surface area contributed by atoms with Gasteiger partial charge in [0, 0.05) is 48.8 Å². The van der Waals surface area contributed by atoms with Crippen molar-refractivity contribution in [3.05, 3.63) is 81.0 Å². The smallest absolute Gasteiger partial charge is 0.129 e. The van der Waals surface area contributed by atoms with Crippen LogP contribution in [0.4, 0.5) is 0 Å². The van der Waals surface area contributed by atoms with Gasteiger partial charge in [0.05, 0.1) is 4.88 Å². The Morgan fingerprint density at radius 2 is 0.817 bits per heavy atom.